The third kappa shape index (κ3) is 3.62. The van der Waals surface area contributed by atoms with E-state index < -0.39 is 0 Å². The van der Waals surface area contributed by atoms with E-state index >= 15 is 0 Å². The van der Waals surface area contributed by atoms with Crippen molar-refractivity contribution in [3.63, 3.8) is 0 Å². The Morgan fingerprint density at radius 2 is 2.04 bits per heavy atom. The minimum atomic E-state index is -0.198. The van der Waals surface area contributed by atoms with Gasteiger partial charge in [-0.3, -0.25) is 4.90 Å². The maximum atomic E-state index is 14.4. The first-order valence-electron chi connectivity index (χ1n) is 9.87. The molecule has 1 aliphatic heterocycles. The smallest absolute Gasteiger partial charge is 0.131 e. The molecule has 0 amide bonds. The molecule has 0 bridgehead atoms. The highest BCUT2D eigenvalue weighted by Crippen LogP contribution is 2.44. The molecule has 4 nitrogen and oxygen atoms in total. The van der Waals surface area contributed by atoms with E-state index in [0.717, 1.165) is 50.3 Å². The number of ether oxygens (including phenoxy) is 3. The predicted octanol–water partition coefficient (Wildman–Crippen LogP) is 3.77. The highest BCUT2D eigenvalue weighted by molar-refractivity contribution is 5.29. The highest BCUT2D eigenvalue weighted by atomic mass is 19.1. The number of halogens is 1. The topological polar surface area (TPSA) is 30.9 Å². The van der Waals surface area contributed by atoms with Crippen LogP contribution in [0.2, 0.25) is 0 Å². The van der Waals surface area contributed by atoms with Crippen molar-refractivity contribution >= 4 is 0 Å². The van der Waals surface area contributed by atoms with Gasteiger partial charge in [0.05, 0.1) is 18.8 Å². The quantitative estimate of drug-likeness (QED) is 0.738. The van der Waals surface area contributed by atoms with Crippen LogP contribution in [-0.2, 0) is 16.0 Å². The summed E-state index contributed by atoms with van der Waals surface area (Å²) in [6.45, 7) is 2.46. The molecule has 2 saturated carbocycles. The SMILES string of the molecule is COc1ccc(CN2CCC3(OC)CCC(OCC4CC4)CC23)c(F)c1. The van der Waals surface area contributed by atoms with E-state index in [4.69, 9.17) is 14.2 Å². The molecule has 26 heavy (non-hydrogen) atoms. The largest absolute Gasteiger partial charge is 0.497 e. The fourth-order valence-electron chi connectivity index (χ4n) is 4.66. The lowest BCUT2D eigenvalue weighted by molar-refractivity contribution is -0.103. The number of benzene rings is 1. The Hall–Kier alpha value is -1.17. The van der Waals surface area contributed by atoms with E-state index in [-0.39, 0.29) is 11.4 Å². The van der Waals surface area contributed by atoms with E-state index in [1.807, 2.05) is 19.2 Å². The summed E-state index contributed by atoms with van der Waals surface area (Å²) in [5.74, 6) is 1.15. The molecule has 3 unspecified atom stereocenters. The van der Waals surface area contributed by atoms with Gasteiger partial charge in [-0.05, 0) is 50.5 Å². The maximum Gasteiger partial charge on any atom is 0.131 e. The van der Waals surface area contributed by atoms with Gasteiger partial charge in [-0.25, -0.2) is 4.39 Å². The van der Waals surface area contributed by atoms with E-state index in [1.54, 1.807) is 7.11 Å². The summed E-state index contributed by atoms with van der Waals surface area (Å²) < 4.78 is 31.7. The lowest BCUT2D eigenvalue weighted by atomic mass is 9.79. The number of rotatable bonds is 7. The average Bonchev–Trinajstić information content (AvgIpc) is 3.43. The zero-order valence-electron chi connectivity index (χ0n) is 15.9. The molecule has 0 aromatic heterocycles. The zero-order chi connectivity index (χ0) is 18.1. The van der Waals surface area contributed by atoms with Crippen molar-refractivity contribution in [2.75, 3.05) is 27.4 Å². The van der Waals surface area contributed by atoms with Crippen LogP contribution in [0.1, 0.15) is 44.1 Å². The highest BCUT2D eigenvalue weighted by Gasteiger charge is 2.51. The Morgan fingerprint density at radius 3 is 2.73 bits per heavy atom. The van der Waals surface area contributed by atoms with Gasteiger partial charge in [0, 0.05) is 44.5 Å². The molecular formula is C21H30FNO3. The predicted molar refractivity (Wildman–Crippen MR) is 97.8 cm³/mol. The molecule has 3 aliphatic rings. The van der Waals surface area contributed by atoms with Crippen LogP contribution >= 0.6 is 0 Å². The summed E-state index contributed by atoms with van der Waals surface area (Å²) >= 11 is 0. The molecule has 1 heterocycles. The summed E-state index contributed by atoms with van der Waals surface area (Å²) in [7, 11) is 3.39. The zero-order valence-corrected chi connectivity index (χ0v) is 15.9. The molecule has 1 saturated heterocycles. The third-order valence-electron chi connectivity index (χ3n) is 6.55. The van der Waals surface area contributed by atoms with Gasteiger partial charge >= 0.3 is 0 Å². The van der Waals surface area contributed by atoms with Gasteiger partial charge in [0.15, 0.2) is 0 Å². The van der Waals surface area contributed by atoms with E-state index in [1.165, 1.54) is 18.9 Å². The number of fused-ring (bicyclic) bond motifs is 1. The van der Waals surface area contributed by atoms with Crippen LogP contribution in [-0.4, -0.2) is 50.0 Å². The first-order valence-corrected chi connectivity index (χ1v) is 9.87. The average molecular weight is 363 g/mol. The molecule has 1 aromatic rings. The Balaban J connectivity index is 1.45. The second-order valence-corrected chi connectivity index (χ2v) is 8.14. The van der Waals surface area contributed by atoms with E-state index in [0.29, 0.717) is 24.4 Å². The number of likely N-dealkylation sites (tertiary alicyclic amines) is 1. The van der Waals surface area contributed by atoms with Gasteiger partial charge in [0.2, 0.25) is 0 Å². The Kier molecular flexibility index (Phi) is 5.22. The van der Waals surface area contributed by atoms with Crippen molar-refractivity contribution in [2.45, 2.75) is 62.8 Å². The first kappa shape index (κ1) is 18.2. The van der Waals surface area contributed by atoms with E-state index in [2.05, 4.69) is 4.90 Å². The van der Waals surface area contributed by atoms with Gasteiger partial charge in [-0.15, -0.1) is 0 Å². The molecule has 144 valence electrons. The number of methoxy groups -OCH3 is 2. The van der Waals surface area contributed by atoms with Crippen LogP contribution in [0, 0.1) is 11.7 Å². The number of hydrogen-bond acceptors (Lipinski definition) is 4. The minimum absolute atomic E-state index is 0.0949. The second kappa shape index (κ2) is 7.45. The Labute approximate surface area is 155 Å². The molecule has 0 radical (unpaired) electrons. The monoisotopic (exact) mass is 363 g/mol. The lowest BCUT2D eigenvalue weighted by Crippen LogP contribution is -2.51. The molecule has 3 fully saturated rings. The van der Waals surface area contributed by atoms with Crippen molar-refractivity contribution in [1.29, 1.82) is 0 Å². The molecule has 0 N–H and O–H groups in total. The van der Waals surface area contributed by atoms with Crippen LogP contribution in [0.15, 0.2) is 18.2 Å². The standard InChI is InChI=1S/C21H30FNO3/c1-24-17-6-5-16(19(22)11-17)13-23-10-9-21(25-2)8-7-18(12-20(21)23)26-14-15-3-4-15/h5-6,11,15,18,20H,3-4,7-10,12-14H2,1-2H3. The van der Waals surface area contributed by atoms with Crippen LogP contribution in [0.3, 0.4) is 0 Å². The van der Waals surface area contributed by atoms with Crippen LogP contribution < -0.4 is 4.74 Å². The molecular weight excluding hydrogens is 333 g/mol. The van der Waals surface area contributed by atoms with Gasteiger partial charge < -0.3 is 14.2 Å². The number of nitrogens with zero attached hydrogens (tertiary/aromatic N) is 1. The second-order valence-electron chi connectivity index (χ2n) is 8.14. The summed E-state index contributed by atoms with van der Waals surface area (Å²) in [6.07, 6.45) is 7.05. The normalized spacial score (nSPS) is 31.8. The number of hydrogen-bond donors (Lipinski definition) is 0. The maximum absolute atomic E-state index is 14.4. The summed E-state index contributed by atoms with van der Waals surface area (Å²) in [6, 6.07) is 5.44. The fourth-order valence-corrected chi connectivity index (χ4v) is 4.66. The van der Waals surface area contributed by atoms with Gasteiger partial charge in [-0.1, -0.05) is 6.07 Å². The summed E-state index contributed by atoms with van der Waals surface area (Å²) in [5.41, 5.74) is 0.626. The molecule has 3 atom stereocenters. The van der Waals surface area contributed by atoms with E-state index in [9.17, 15) is 4.39 Å². The van der Waals surface area contributed by atoms with Gasteiger partial charge in [-0.2, -0.15) is 0 Å². The lowest BCUT2D eigenvalue weighted by Gasteiger charge is -2.43. The fraction of sp³-hybridized carbons (Fsp3) is 0.714. The van der Waals surface area contributed by atoms with Crippen molar-refractivity contribution in [3.8, 4) is 5.75 Å². The molecule has 2 aliphatic carbocycles. The minimum Gasteiger partial charge on any atom is -0.497 e. The van der Waals surface area contributed by atoms with Crippen LogP contribution in [0.4, 0.5) is 4.39 Å². The van der Waals surface area contributed by atoms with Crippen molar-refractivity contribution in [1.82, 2.24) is 4.90 Å². The van der Waals surface area contributed by atoms with Gasteiger partial charge in [0.1, 0.15) is 11.6 Å². The molecule has 5 heteroatoms. The Morgan fingerprint density at radius 1 is 1.19 bits per heavy atom. The van der Waals surface area contributed by atoms with Gasteiger partial charge in [0.25, 0.3) is 0 Å². The summed E-state index contributed by atoms with van der Waals surface area (Å²) in [5, 5.41) is 0. The van der Waals surface area contributed by atoms with Crippen molar-refractivity contribution in [2.24, 2.45) is 5.92 Å². The molecule has 0 spiro atoms. The van der Waals surface area contributed by atoms with Crippen LogP contribution in [0.25, 0.3) is 0 Å². The van der Waals surface area contributed by atoms with Crippen molar-refractivity contribution in [3.05, 3.63) is 29.6 Å². The summed E-state index contributed by atoms with van der Waals surface area (Å²) in [4.78, 5) is 2.39. The molecule has 4 rings (SSSR count). The van der Waals surface area contributed by atoms with Crippen molar-refractivity contribution < 1.29 is 18.6 Å². The first-order chi connectivity index (χ1) is 12.6. The Bertz CT molecular complexity index is 636. The van der Waals surface area contributed by atoms with Crippen LogP contribution in [0.5, 0.6) is 5.75 Å². The third-order valence-corrected chi connectivity index (χ3v) is 6.55. The molecule has 1 aromatic carbocycles.